The molecule has 1 N–H and O–H groups in total. The van der Waals surface area contributed by atoms with Gasteiger partial charge in [-0.05, 0) is 44.9 Å². The molecule has 0 heterocycles. The van der Waals surface area contributed by atoms with Crippen molar-refractivity contribution in [3.05, 3.63) is 29.8 Å². The Morgan fingerprint density at radius 3 is 2.11 bits per heavy atom. The maximum atomic E-state index is 12.2. The van der Waals surface area contributed by atoms with E-state index in [0.717, 1.165) is 0 Å². The van der Waals surface area contributed by atoms with Gasteiger partial charge in [0.05, 0.1) is 7.11 Å². The lowest BCUT2D eigenvalue weighted by molar-refractivity contribution is -0.179. The van der Waals surface area contributed by atoms with Crippen molar-refractivity contribution < 1.29 is 19.4 Å². The van der Waals surface area contributed by atoms with Crippen molar-refractivity contribution in [2.24, 2.45) is 0 Å². The Hall–Kier alpha value is -1.55. The van der Waals surface area contributed by atoms with Crippen LogP contribution in [0.15, 0.2) is 24.3 Å². The maximum Gasteiger partial charge on any atom is 0.343 e. The molecule has 0 fully saturated rings. The normalized spacial score (nSPS) is 14.6. The SMILES string of the molecule is CC[C@@](O)(C(=O)OC(C)(C)C)c1ccc(OC)cc1. The van der Waals surface area contributed by atoms with Crippen molar-refractivity contribution >= 4 is 5.97 Å². The van der Waals surface area contributed by atoms with Crippen LogP contribution in [-0.2, 0) is 15.1 Å². The summed E-state index contributed by atoms with van der Waals surface area (Å²) in [5, 5.41) is 10.6. The van der Waals surface area contributed by atoms with Crippen LogP contribution in [0.4, 0.5) is 0 Å². The lowest BCUT2D eigenvalue weighted by atomic mass is 9.91. The first kappa shape index (κ1) is 15.5. The number of esters is 1. The fourth-order valence-corrected chi connectivity index (χ4v) is 1.70. The van der Waals surface area contributed by atoms with Crippen LogP contribution in [0.25, 0.3) is 0 Å². The van der Waals surface area contributed by atoms with Gasteiger partial charge in [-0.1, -0.05) is 19.1 Å². The molecule has 0 saturated heterocycles. The van der Waals surface area contributed by atoms with Gasteiger partial charge in [0.15, 0.2) is 5.60 Å². The molecule has 0 amide bonds. The third-order valence-electron chi connectivity index (χ3n) is 2.82. The number of benzene rings is 1. The van der Waals surface area contributed by atoms with Crippen molar-refractivity contribution in [2.75, 3.05) is 7.11 Å². The fourth-order valence-electron chi connectivity index (χ4n) is 1.70. The minimum atomic E-state index is -1.63. The van der Waals surface area contributed by atoms with E-state index in [1.807, 2.05) is 0 Å². The van der Waals surface area contributed by atoms with Crippen LogP contribution in [-0.4, -0.2) is 23.8 Å². The Kier molecular flexibility index (Phi) is 4.58. The monoisotopic (exact) mass is 266 g/mol. The van der Waals surface area contributed by atoms with Crippen molar-refractivity contribution in [3.8, 4) is 5.75 Å². The zero-order chi connectivity index (χ0) is 14.7. The third-order valence-corrected chi connectivity index (χ3v) is 2.82. The standard InChI is InChI=1S/C15H22O4/c1-6-15(17,13(16)19-14(2,3)4)11-7-9-12(18-5)10-8-11/h7-10,17H,6H2,1-5H3/t15-/m0/s1. The van der Waals surface area contributed by atoms with E-state index in [0.29, 0.717) is 11.3 Å². The predicted octanol–water partition coefficient (Wildman–Crippen LogP) is 2.63. The van der Waals surface area contributed by atoms with E-state index in [4.69, 9.17) is 9.47 Å². The van der Waals surface area contributed by atoms with E-state index < -0.39 is 17.2 Å². The van der Waals surface area contributed by atoms with Gasteiger partial charge >= 0.3 is 5.97 Å². The summed E-state index contributed by atoms with van der Waals surface area (Å²) < 4.78 is 10.3. The third kappa shape index (κ3) is 3.70. The maximum absolute atomic E-state index is 12.2. The average molecular weight is 266 g/mol. The van der Waals surface area contributed by atoms with Crippen molar-refractivity contribution in [1.82, 2.24) is 0 Å². The molecule has 0 aliphatic rings. The molecule has 106 valence electrons. The van der Waals surface area contributed by atoms with E-state index in [1.165, 1.54) is 0 Å². The van der Waals surface area contributed by atoms with Gasteiger partial charge in [-0.15, -0.1) is 0 Å². The van der Waals surface area contributed by atoms with Crippen LogP contribution in [0.3, 0.4) is 0 Å². The van der Waals surface area contributed by atoms with Gasteiger partial charge in [0.2, 0.25) is 0 Å². The number of hydrogen-bond donors (Lipinski definition) is 1. The summed E-state index contributed by atoms with van der Waals surface area (Å²) in [6, 6.07) is 6.76. The van der Waals surface area contributed by atoms with E-state index in [-0.39, 0.29) is 6.42 Å². The number of carbonyl (C=O) groups is 1. The van der Waals surface area contributed by atoms with Gasteiger partial charge < -0.3 is 14.6 Å². The molecule has 1 aromatic carbocycles. The first-order valence-corrected chi connectivity index (χ1v) is 6.33. The minimum Gasteiger partial charge on any atom is -0.497 e. The smallest absolute Gasteiger partial charge is 0.343 e. The fraction of sp³-hybridized carbons (Fsp3) is 0.533. The second-order valence-electron chi connectivity index (χ2n) is 5.44. The lowest BCUT2D eigenvalue weighted by Crippen LogP contribution is -2.40. The molecular formula is C15H22O4. The van der Waals surface area contributed by atoms with Crippen LogP contribution in [0.2, 0.25) is 0 Å². The summed E-state index contributed by atoms with van der Waals surface area (Å²) in [5.41, 5.74) is -1.75. The molecule has 0 bridgehead atoms. The molecule has 19 heavy (non-hydrogen) atoms. The zero-order valence-electron chi connectivity index (χ0n) is 12.2. The quantitative estimate of drug-likeness (QED) is 0.851. The Morgan fingerprint density at radius 1 is 1.21 bits per heavy atom. The van der Waals surface area contributed by atoms with Gasteiger partial charge in [-0.3, -0.25) is 0 Å². The molecule has 1 aromatic rings. The van der Waals surface area contributed by atoms with E-state index >= 15 is 0 Å². The molecule has 0 aliphatic carbocycles. The summed E-state index contributed by atoms with van der Waals surface area (Å²) in [7, 11) is 1.56. The second kappa shape index (κ2) is 5.61. The number of ether oxygens (including phenoxy) is 2. The van der Waals surface area contributed by atoms with Crippen LogP contribution >= 0.6 is 0 Å². The molecule has 0 aliphatic heterocycles. The second-order valence-corrected chi connectivity index (χ2v) is 5.44. The highest BCUT2D eigenvalue weighted by Crippen LogP contribution is 2.29. The van der Waals surface area contributed by atoms with Gasteiger partial charge in [0, 0.05) is 0 Å². The average Bonchev–Trinajstić information content (AvgIpc) is 2.35. The van der Waals surface area contributed by atoms with Crippen LogP contribution in [0.1, 0.15) is 39.7 Å². The minimum absolute atomic E-state index is 0.244. The lowest BCUT2D eigenvalue weighted by Gasteiger charge is -2.29. The molecule has 0 saturated carbocycles. The summed E-state index contributed by atoms with van der Waals surface area (Å²) in [6.45, 7) is 7.06. The summed E-state index contributed by atoms with van der Waals surface area (Å²) in [6.07, 6.45) is 0.244. The highest BCUT2D eigenvalue weighted by molar-refractivity contribution is 5.81. The largest absolute Gasteiger partial charge is 0.497 e. The Balaban J connectivity index is 3.04. The summed E-state index contributed by atoms with van der Waals surface area (Å²) >= 11 is 0. The number of aliphatic hydroxyl groups is 1. The number of methoxy groups -OCH3 is 1. The van der Waals surface area contributed by atoms with Crippen molar-refractivity contribution in [3.63, 3.8) is 0 Å². The van der Waals surface area contributed by atoms with Crippen LogP contribution in [0.5, 0.6) is 5.75 Å². The van der Waals surface area contributed by atoms with Gasteiger partial charge in [-0.2, -0.15) is 0 Å². The highest BCUT2D eigenvalue weighted by Gasteiger charge is 2.39. The van der Waals surface area contributed by atoms with E-state index in [2.05, 4.69) is 0 Å². The Bertz CT molecular complexity index is 430. The van der Waals surface area contributed by atoms with E-state index in [9.17, 15) is 9.90 Å². The molecule has 1 rings (SSSR count). The van der Waals surface area contributed by atoms with Crippen LogP contribution < -0.4 is 4.74 Å². The molecule has 0 aromatic heterocycles. The van der Waals surface area contributed by atoms with E-state index in [1.54, 1.807) is 59.1 Å². The zero-order valence-corrected chi connectivity index (χ0v) is 12.2. The van der Waals surface area contributed by atoms with Crippen molar-refractivity contribution in [2.45, 2.75) is 45.3 Å². The van der Waals surface area contributed by atoms with Crippen molar-refractivity contribution in [1.29, 1.82) is 0 Å². The molecule has 0 unspecified atom stereocenters. The molecule has 4 nitrogen and oxygen atoms in total. The first-order chi connectivity index (χ1) is 8.73. The number of rotatable bonds is 4. The Morgan fingerprint density at radius 2 is 1.74 bits per heavy atom. The molecule has 4 heteroatoms. The molecular weight excluding hydrogens is 244 g/mol. The molecule has 0 radical (unpaired) electrons. The highest BCUT2D eigenvalue weighted by atomic mass is 16.6. The topological polar surface area (TPSA) is 55.8 Å². The predicted molar refractivity (Wildman–Crippen MR) is 73.0 cm³/mol. The number of hydrogen-bond acceptors (Lipinski definition) is 4. The van der Waals surface area contributed by atoms with Gasteiger partial charge in [-0.25, -0.2) is 4.79 Å². The first-order valence-electron chi connectivity index (χ1n) is 6.33. The number of carbonyl (C=O) groups excluding carboxylic acids is 1. The van der Waals surface area contributed by atoms with Gasteiger partial charge in [0.1, 0.15) is 11.4 Å². The molecule has 0 spiro atoms. The molecule has 1 atom stereocenters. The van der Waals surface area contributed by atoms with Crippen LogP contribution in [0, 0.1) is 0 Å². The summed E-state index contributed by atoms with van der Waals surface area (Å²) in [4.78, 5) is 12.2. The van der Waals surface area contributed by atoms with Gasteiger partial charge in [0.25, 0.3) is 0 Å². The summed E-state index contributed by atoms with van der Waals surface area (Å²) in [5.74, 6) is 0.0408. The Labute approximate surface area is 114 Å².